The minimum absolute atomic E-state index is 0.131. The van der Waals surface area contributed by atoms with Crippen LogP contribution in [0.1, 0.15) is 21.5 Å². The van der Waals surface area contributed by atoms with E-state index >= 15 is 0 Å². The molecule has 0 aliphatic carbocycles. The van der Waals surface area contributed by atoms with Gasteiger partial charge in [-0.05, 0) is 53.9 Å². The topological polar surface area (TPSA) is 61.8 Å². The van der Waals surface area contributed by atoms with Crippen LogP contribution in [-0.4, -0.2) is 25.7 Å². The Morgan fingerprint density at radius 2 is 1.48 bits per heavy atom. The number of ether oxygens (including phenoxy) is 3. The van der Waals surface area contributed by atoms with Gasteiger partial charge in [-0.1, -0.05) is 48.0 Å². The lowest BCUT2D eigenvalue weighted by Crippen LogP contribution is -2.19. The van der Waals surface area contributed by atoms with Gasteiger partial charge in [-0.15, -0.1) is 0 Å². The van der Waals surface area contributed by atoms with Crippen LogP contribution in [0.25, 0.3) is 0 Å². The van der Waals surface area contributed by atoms with Crippen LogP contribution in [-0.2, 0) is 16.0 Å². The second kappa shape index (κ2) is 9.75. The molecule has 0 aliphatic rings. The molecule has 0 unspecified atom stereocenters. The van der Waals surface area contributed by atoms with E-state index in [0.29, 0.717) is 10.8 Å². The standard InChI is InChI=1S/C23H19ClO5/c1-27-23(26)20-4-2-3-5-21(20)29-22(25)15-28-19-12-8-17(9-13-19)14-16-6-10-18(24)11-7-16/h2-13H,14-15H2,1H3. The third-order valence-electron chi connectivity index (χ3n) is 4.12. The zero-order valence-electron chi connectivity index (χ0n) is 15.8. The molecule has 0 N–H and O–H groups in total. The first kappa shape index (κ1) is 20.4. The summed E-state index contributed by atoms with van der Waals surface area (Å²) in [5, 5.41) is 0.707. The lowest BCUT2D eigenvalue weighted by atomic mass is 10.1. The second-order valence-corrected chi connectivity index (χ2v) is 6.63. The van der Waals surface area contributed by atoms with E-state index < -0.39 is 11.9 Å². The minimum Gasteiger partial charge on any atom is -0.482 e. The number of halogens is 1. The van der Waals surface area contributed by atoms with Gasteiger partial charge in [0.05, 0.1) is 7.11 Å². The molecule has 6 heteroatoms. The molecule has 0 aromatic heterocycles. The Bertz CT molecular complexity index is 981. The highest BCUT2D eigenvalue weighted by Crippen LogP contribution is 2.20. The average Bonchev–Trinajstić information content (AvgIpc) is 2.75. The molecule has 0 saturated heterocycles. The third kappa shape index (κ3) is 5.83. The van der Waals surface area contributed by atoms with Crippen molar-refractivity contribution in [2.75, 3.05) is 13.7 Å². The Morgan fingerprint density at radius 1 is 0.862 bits per heavy atom. The molecular weight excluding hydrogens is 392 g/mol. The van der Waals surface area contributed by atoms with Crippen LogP contribution in [0.5, 0.6) is 11.5 Å². The Hall–Kier alpha value is -3.31. The smallest absolute Gasteiger partial charge is 0.349 e. The monoisotopic (exact) mass is 410 g/mol. The maximum absolute atomic E-state index is 12.1. The molecule has 0 saturated carbocycles. The number of rotatable bonds is 7. The molecule has 0 aliphatic heterocycles. The molecule has 3 rings (SSSR count). The summed E-state index contributed by atoms with van der Waals surface area (Å²) in [5.41, 5.74) is 2.43. The first-order valence-corrected chi connectivity index (χ1v) is 9.27. The predicted molar refractivity (Wildman–Crippen MR) is 110 cm³/mol. The first-order chi connectivity index (χ1) is 14.0. The van der Waals surface area contributed by atoms with E-state index in [2.05, 4.69) is 4.74 Å². The Balaban J connectivity index is 1.54. The SMILES string of the molecule is COC(=O)c1ccccc1OC(=O)COc1ccc(Cc2ccc(Cl)cc2)cc1. The van der Waals surface area contributed by atoms with Crippen molar-refractivity contribution in [1.29, 1.82) is 0 Å². The van der Waals surface area contributed by atoms with Crippen LogP contribution in [0.15, 0.2) is 72.8 Å². The van der Waals surface area contributed by atoms with Gasteiger partial charge in [0.15, 0.2) is 6.61 Å². The lowest BCUT2D eigenvalue weighted by Gasteiger charge is -2.10. The van der Waals surface area contributed by atoms with Crippen LogP contribution in [0.2, 0.25) is 5.02 Å². The summed E-state index contributed by atoms with van der Waals surface area (Å²) < 4.78 is 15.4. The van der Waals surface area contributed by atoms with Gasteiger partial charge in [0.2, 0.25) is 0 Å². The van der Waals surface area contributed by atoms with Gasteiger partial charge < -0.3 is 14.2 Å². The van der Waals surface area contributed by atoms with E-state index in [9.17, 15) is 9.59 Å². The van der Waals surface area contributed by atoms with Crippen LogP contribution in [0, 0.1) is 0 Å². The van der Waals surface area contributed by atoms with Gasteiger partial charge in [0.25, 0.3) is 0 Å². The Morgan fingerprint density at radius 3 is 2.14 bits per heavy atom. The number of para-hydroxylation sites is 1. The zero-order valence-corrected chi connectivity index (χ0v) is 16.5. The largest absolute Gasteiger partial charge is 0.482 e. The van der Waals surface area contributed by atoms with Gasteiger partial charge in [0.1, 0.15) is 17.1 Å². The van der Waals surface area contributed by atoms with Crippen molar-refractivity contribution < 1.29 is 23.8 Å². The zero-order chi connectivity index (χ0) is 20.6. The van der Waals surface area contributed by atoms with Crippen LogP contribution in [0.3, 0.4) is 0 Å². The maximum Gasteiger partial charge on any atom is 0.349 e. The number of esters is 2. The highest BCUT2D eigenvalue weighted by molar-refractivity contribution is 6.30. The molecule has 0 bridgehead atoms. The van der Waals surface area contributed by atoms with Crippen LogP contribution >= 0.6 is 11.6 Å². The molecule has 0 radical (unpaired) electrons. The predicted octanol–water partition coefficient (Wildman–Crippen LogP) is 4.70. The highest BCUT2D eigenvalue weighted by atomic mass is 35.5. The second-order valence-electron chi connectivity index (χ2n) is 6.20. The molecule has 0 heterocycles. The van der Waals surface area contributed by atoms with E-state index in [1.807, 2.05) is 36.4 Å². The normalized spacial score (nSPS) is 10.3. The van der Waals surface area contributed by atoms with Crippen molar-refractivity contribution in [3.05, 3.63) is 94.5 Å². The Kier molecular flexibility index (Phi) is 6.87. The van der Waals surface area contributed by atoms with Crippen molar-refractivity contribution in [3.63, 3.8) is 0 Å². The molecular formula is C23H19ClO5. The Labute approximate surface area is 173 Å². The molecule has 29 heavy (non-hydrogen) atoms. The number of hydrogen-bond acceptors (Lipinski definition) is 5. The summed E-state index contributed by atoms with van der Waals surface area (Å²) in [7, 11) is 1.26. The average molecular weight is 411 g/mol. The van der Waals surface area contributed by atoms with Gasteiger partial charge in [0, 0.05) is 5.02 Å². The maximum atomic E-state index is 12.1. The van der Waals surface area contributed by atoms with E-state index in [0.717, 1.165) is 17.5 Å². The van der Waals surface area contributed by atoms with E-state index in [4.69, 9.17) is 21.1 Å². The van der Waals surface area contributed by atoms with E-state index in [1.54, 1.807) is 24.3 Å². The van der Waals surface area contributed by atoms with Crippen molar-refractivity contribution >= 4 is 23.5 Å². The van der Waals surface area contributed by atoms with E-state index in [1.165, 1.54) is 19.2 Å². The fourth-order valence-electron chi connectivity index (χ4n) is 2.67. The van der Waals surface area contributed by atoms with Gasteiger partial charge >= 0.3 is 11.9 Å². The van der Waals surface area contributed by atoms with Crippen molar-refractivity contribution in [1.82, 2.24) is 0 Å². The number of carbonyl (C=O) groups is 2. The van der Waals surface area contributed by atoms with Gasteiger partial charge in [-0.25, -0.2) is 9.59 Å². The number of hydrogen-bond donors (Lipinski definition) is 0. The molecule has 0 amide bonds. The summed E-state index contributed by atoms with van der Waals surface area (Å²) in [6.45, 7) is -0.286. The van der Waals surface area contributed by atoms with Crippen molar-refractivity contribution in [2.24, 2.45) is 0 Å². The highest BCUT2D eigenvalue weighted by Gasteiger charge is 2.15. The number of benzene rings is 3. The van der Waals surface area contributed by atoms with Crippen LogP contribution in [0.4, 0.5) is 0 Å². The summed E-state index contributed by atoms with van der Waals surface area (Å²) in [6, 6.07) is 21.5. The van der Waals surface area contributed by atoms with Gasteiger partial charge in [-0.2, -0.15) is 0 Å². The molecule has 3 aromatic rings. The van der Waals surface area contributed by atoms with Gasteiger partial charge in [-0.3, -0.25) is 0 Å². The fraction of sp³-hybridized carbons (Fsp3) is 0.130. The van der Waals surface area contributed by atoms with Crippen molar-refractivity contribution in [2.45, 2.75) is 6.42 Å². The van der Waals surface area contributed by atoms with Crippen molar-refractivity contribution in [3.8, 4) is 11.5 Å². The lowest BCUT2D eigenvalue weighted by molar-refractivity contribution is -0.136. The van der Waals surface area contributed by atoms with Crippen LogP contribution < -0.4 is 9.47 Å². The first-order valence-electron chi connectivity index (χ1n) is 8.89. The van der Waals surface area contributed by atoms with E-state index in [-0.39, 0.29) is 17.9 Å². The molecule has 0 atom stereocenters. The molecule has 0 fully saturated rings. The molecule has 0 spiro atoms. The molecule has 5 nitrogen and oxygen atoms in total. The number of carbonyl (C=O) groups excluding carboxylic acids is 2. The quantitative estimate of drug-likeness (QED) is 0.417. The fourth-order valence-corrected chi connectivity index (χ4v) is 2.80. The summed E-state index contributed by atoms with van der Waals surface area (Å²) in [4.78, 5) is 23.8. The summed E-state index contributed by atoms with van der Waals surface area (Å²) >= 11 is 5.90. The third-order valence-corrected chi connectivity index (χ3v) is 4.37. The minimum atomic E-state index is -0.619. The summed E-state index contributed by atoms with van der Waals surface area (Å²) in [6.07, 6.45) is 0.768. The molecule has 3 aromatic carbocycles. The number of methoxy groups -OCH3 is 1. The molecule has 148 valence electrons. The summed E-state index contributed by atoms with van der Waals surface area (Å²) in [5.74, 6) is -0.522.